The molecule has 0 atom stereocenters. The van der Waals surface area contributed by atoms with Gasteiger partial charge in [0.15, 0.2) is 6.29 Å². The molecule has 4 nitrogen and oxygen atoms in total. The lowest BCUT2D eigenvalue weighted by atomic mass is 10.1. The first-order valence-corrected chi connectivity index (χ1v) is 4.85. The molecule has 0 fully saturated rings. The number of aldehydes is 1. The number of carbonyl (C=O) groups is 2. The molecular formula is C10H9BrO4. The van der Waals surface area contributed by atoms with E-state index in [-0.39, 0.29) is 11.3 Å². The van der Waals surface area contributed by atoms with Crippen molar-refractivity contribution in [2.45, 2.75) is 0 Å². The van der Waals surface area contributed by atoms with E-state index in [4.69, 9.17) is 4.74 Å². The third-order valence-electron chi connectivity index (χ3n) is 1.86. The molecule has 0 saturated carbocycles. The lowest BCUT2D eigenvalue weighted by Crippen LogP contribution is -2.07. The summed E-state index contributed by atoms with van der Waals surface area (Å²) in [4.78, 5) is 22.1. The summed E-state index contributed by atoms with van der Waals surface area (Å²) in [5.74, 6) is -0.339. The Kier molecular flexibility index (Phi) is 3.85. The average molecular weight is 273 g/mol. The molecule has 0 aliphatic rings. The molecule has 80 valence electrons. The molecule has 0 amide bonds. The smallest absolute Gasteiger partial charge is 0.342 e. The molecule has 0 saturated heterocycles. The monoisotopic (exact) mass is 272 g/mol. The van der Waals surface area contributed by atoms with E-state index < -0.39 is 5.97 Å². The zero-order valence-electron chi connectivity index (χ0n) is 8.24. The van der Waals surface area contributed by atoms with Gasteiger partial charge in [-0.2, -0.15) is 0 Å². The lowest BCUT2D eigenvalue weighted by Gasteiger charge is -2.10. The highest BCUT2D eigenvalue weighted by Gasteiger charge is 2.19. The molecule has 1 aromatic carbocycles. The summed E-state index contributed by atoms with van der Waals surface area (Å²) in [6.45, 7) is 0. The number of hydrogen-bond acceptors (Lipinski definition) is 4. The quantitative estimate of drug-likeness (QED) is 0.624. The summed E-state index contributed by atoms with van der Waals surface area (Å²) in [6.07, 6.45) is 0.623. The molecule has 15 heavy (non-hydrogen) atoms. The van der Waals surface area contributed by atoms with Gasteiger partial charge in [-0.3, -0.25) is 4.79 Å². The molecule has 0 aliphatic carbocycles. The molecule has 0 radical (unpaired) electrons. The van der Waals surface area contributed by atoms with Gasteiger partial charge in [0.25, 0.3) is 0 Å². The van der Waals surface area contributed by atoms with Gasteiger partial charge in [-0.1, -0.05) is 0 Å². The van der Waals surface area contributed by atoms with Crippen LogP contribution in [0.1, 0.15) is 20.7 Å². The maximum Gasteiger partial charge on any atom is 0.342 e. The van der Waals surface area contributed by atoms with Crippen LogP contribution >= 0.6 is 15.9 Å². The molecule has 0 N–H and O–H groups in total. The number of hydrogen-bond donors (Lipinski definition) is 0. The Bertz CT molecular complexity index is 401. The maximum atomic E-state index is 11.4. The number of benzene rings is 1. The highest BCUT2D eigenvalue weighted by Crippen LogP contribution is 2.30. The van der Waals surface area contributed by atoms with E-state index in [1.54, 1.807) is 12.1 Å². The molecule has 1 rings (SSSR count). The number of carbonyl (C=O) groups excluding carboxylic acids is 2. The molecule has 5 heteroatoms. The zero-order valence-corrected chi connectivity index (χ0v) is 9.83. The highest BCUT2D eigenvalue weighted by molar-refractivity contribution is 9.10. The van der Waals surface area contributed by atoms with Gasteiger partial charge >= 0.3 is 5.97 Å². The SMILES string of the molecule is COC(=O)c1c(Br)ccc(C=O)c1OC. The predicted molar refractivity (Wildman–Crippen MR) is 57.4 cm³/mol. The van der Waals surface area contributed by atoms with Crippen LogP contribution in [0.5, 0.6) is 5.75 Å². The van der Waals surface area contributed by atoms with E-state index in [1.807, 2.05) is 0 Å². The van der Waals surface area contributed by atoms with Crippen molar-refractivity contribution in [1.82, 2.24) is 0 Å². The van der Waals surface area contributed by atoms with Gasteiger partial charge in [0.2, 0.25) is 0 Å². The standard InChI is InChI=1S/C10H9BrO4/c1-14-9-6(5-12)3-4-7(11)8(9)10(13)15-2/h3-5H,1-2H3. The van der Waals surface area contributed by atoms with Crippen molar-refractivity contribution in [3.8, 4) is 5.75 Å². The number of ether oxygens (including phenoxy) is 2. The van der Waals surface area contributed by atoms with Crippen LogP contribution in [0.15, 0.2) is 16.6 Å². The predicted octanol–water partition coefficient (Wildman–Crippen LogP) is 2.06. The van der Waals surface area contributed by atoms with Crippen molar-refractivity contribution in [2.24, 2.45) is 0 Å². The van der Waals surface area contributed by atoms with Gasteiger partial charge < -0.3 is 9.47 Å². The molecule has 0 bridgehead atoms. The first kappa shape index (κ1) is 11.7. The van der Waals surface area contributed by atoms with Crippen LogP contribution in [-0.4, -0.2) is 26.5 Å². The normalized spacial score (nSPS) is 9.53. The molecule has 0 heterocycles. The largest absolute Gasteiger partial charge is 0.495 e. The topological polar surface area (TPSA) is 52.6 Å². The van der Waals surface area contributed by atoms with Gasteiger partial charge in [-0.25, -0.2) is 4.79 Å². The van der Waals surface area contributed by atoms with Gasteiger partial charge in [-0.05, 0) is 28.1 Å². The molecular weight excluding hydrogens is 264 g/mol. The molecule has 0 unspecified atom stereocenters. The third-order valence-corrected chi connectivity index (χ3v) is 2.52. The summed E-state index contributed by atoms with van der Waals surface area (Å²) in [7, 11) is 2.66. The van der Waals surface area contributed by atoms with E-state index >= 15 is 0 Å². The van der Waals surface area contributed by atoms with E-state index in [9.17, 15) is 9.59 Å². The summed E-state index contributed by atoms with van der Waals surface area (Å²) < 4.78 is 10.1. The summed E-state index contributed by atoms with van der Waals surface area (Å²) in [5, 5.41) is 0. The minimum Gasteiger partial charge on any atom is -0.495 e. The third kappa shape index (κ3) is 2.18. The summed E-state index contributed by atoms with van der Waals surface area (Å²) in [6, 6.07) is 3.15. The van der Waals surface area contributed by atoms with E-state index in [0.717, 1.165) is 0 Å². The molecule has 1 aromatic rings. The van der Waals surface area contributed by atoms with Crippen molar-refractivity contribution in [3.05, 3.63) is 27.7 Å². The Morgan fingerprint density at radius 2 is 2.07 bits per heavy atom. The fourth-order valence-corrected chi connectivity index (χ4v) is 1.65. The van der Waals surface area contributed by atoms with Crippen molar-refractivity contribution in [2.75, 3.05) is 14.2 Å². The van der Waals surface area contributed by atoms with Crippen molar-refractivity contribution < 1.29 is 19.1 Å². The van der Waals surface area contributed by atoms with Crippen LogP contribution in [0.3, 0.4) is 0 Å². The van der Waals surface area contributed by atoms with Crippen LogP contribution in [0.25, 0.3) is 0 Å². The van der Waals surface area contributed by atoms with Crippen LogP contribution in [-0.2, 0) is 4.74 Å². The zero-order chi connectivity index (χ0) is 11.4. The Balaban J connectivity index is 3.45. The van der Waals surface area contributed by atoms with Crippen LogP contribution in [0.4, 0.5) is 0 Å². The van der Waals surface area contributed by atoms with E-state index in [1.165, 1.54) is 14.2 Å². The number of methoxy groups -OCH3 is 2. The van der Waals surface area contributed by atoms with E-state index in [2.05, 4.69) is 20.7 Å². The fourth-order valence-electron chi connectivity index (χ4n) is 1.18. The van der Waals surface area contributed by atoms with Crippen molar-refractivity contribution >= 4 is 28.2 Å². The Hall–Kier alpha value is -1.36. The fraction of sp³-hybridized carbons (Fsp3) is 0.200. The minimum atomic E-state index is -0.553. The Morgan fingerprint density at radius 1 is 1.40 bits per heavy atom. The average Bonchev–Trinajstić information content (AvgIpc) is 2.27. The minimum absolute atomic E-state index is 0.213. The molecule has 0 aromatic heterocycles. The Labute approximate surface area is 95.3 Å². The highest BCUT2D eigenvalue weighted by atomic mass is 79.9. The van der Waals surface area contributed by atoms with Crippen LogP contribution in [0, 0.1) is 0 Å². The van der Waals surface area contributed by atoms with E-state index in [0.29, 0.717) is 16.3 Å². The molecule has 0 aliphatic heterocycles. The molecule has 0 spiro atoms. The first-order valence-electron chi connectivity index (χ1n) is 4.05. The number of rotatable bonds is 3. The number of esters is 1. The van der Waals surface area contributed by atoms with Crippen molar-refractivity contribution in [1.29, 1.82) is 0 Å². The second kappa shape index (κ2) is 4.93. The van der Waals surface area contributed by atoms with Crippen LogP contribution < -0.4 is 4.74 Å². The lowest BCUT2D eigenvalue weighted by molar-refractivity contribution is 0.0596. The number of halogens is 1. The summed E-state index contributed by atoms with van der Waals surface area (Å²) in [5.41, 5.74) is 0.519. The maximum absolute atomic E-state index is 11.4. The second-order valence-corrected chi connectivity index (χ2v) is 3.51. The van der Waals surface area contributed by atoms with Crippen LogP contribution in [0.2, 0.25) is 0 Å². The second-order valence-electron chi connectivity index (χ2n) is 2.65. The van der Waals surface area contributed by atoms with Crippen molar-refractivity contribution in [3.63, 3.8) is 0 Å². The first-order chi connectivity index (χ1) is 7.15. The van der Waals surface area contributed by atoms with Gasteiger partial charge in [0.05, 0.1) is 19.8 Å². The van der Waals surface area contributed by atoms with Gasteiger partial charge in [0, 0.05) is 4.47 Å². The Morgan fingerprint density at radius 3 is 2.53 bits per heavy atom. The van der Waals surface area contributed by atoms with Gasteiger partial charge in [0.1, 0.15) is 11.3 Å². The van der Waals surface area contributed by atoms with Gasteiger partial charge in [-0.15, -0.1) is 0 Å². The summed E-state index contributed by atoms with van der Waals surface area (Å²) >= 11 is 3.20.